The number of fused-ring (bicyclic) bond motifs is 2. The molecule has 6 atom stereocenters. The number of hydroxylamine groups is 2. The van der Waals surface area contributed by atoms with Crippen LogP contribution in [0.2, 0.25) is 0 Å². The van der Waals surface area contributed by atoms with Crippen molar-refractivity contribution < 1.29 is 62.0 Å². The Bertz CT molecular complexity index is 2440. The number of aromatic nitrogens is 6. The summed E-state index contributed by atoms with van der Waals surface area (Å²) in [5, 5.41) is 36.8. The van der Waals surface area contributed by atoms with Gasteiger partial charge in [0.25, 0.3) is 11.8 Å². The van der Waals surface area contributed by atoms with Crippen LogP contribution >= 0.6 is 23.5 Å². The van der Waals surface area contributed by atoms with Crippen molar-refractivity contribution in [2.24, 2.45) is 16.0 Å². The van der Waals surface area contributed by atoms with Gasteiger partial charge in [0.1, 0.15) is 5.78 Å². The molecule has 2 aromatic heterocycles. The maximum atomic E-state index is 12.1. The normalized spacial score (nSPS) is 19.7. The maximum Gasteiger partial charge on any atom is 0.333 e. The molecular weight excluding hydrogens is 1180 g/mol. The summed E-state index contributed by atoms with van der Waals surface area (Å²) in [6.07, 6.45) is 19.1. The molecule has 0 spiro atoms. The minimum absolute atomic E-state index is 0.0482. The number of azide groups is 2. The highest BCUT2D eigenvalue weighted by molar-refractivity contribution is 8.00. The van der Waals surface area contributed by atoms with Crippen LogP contribution in [-0.2, 0) is 78.4 Å². The van der Waals surface area contributed by atoms with Crippen LogP contribution in [0.5, 0.6) is 0 Å². The molecule has 5 saturated heterocycles. The fourth-order valence-corrected chi connectivity index (χ4v) is 13.0. The highest BCUT2D eigenvalue weighted by Crippen LogP contribution is 2.34. The second-order valence-electron chi connectivity index (χ2n) is 21.4. The molecule has 492 valence electrons. The topological polar surface area (TPSA) is 403 Å². The van der Waals surface area contributed by atoms with E-state index in [1.807, 2.05) is 35.9 Å². The molecule has 33 heteroatoms. The lowest BCUT2D eigenvalue weighted by Gasteiger charge is -2.16. The van der Waals surface area contributed by atoms with Crippen LogP contribution in [0, 0.1) is 0 Å². The highest BCUT2D eigenvalue weighted by atomic mass is 32.2. The molecule has 7 heterocycles. The van der Waals surface area contributed by atoms with Crippen LogP contribution in [-0.4, -0.2) is 216 Å². The molecule has 7 rings (SSSR count). The van der Waals surface area contributed by atoms with Gasteiger partial charge in [0.05, 0.1) is 121 Å². The minimum atomic E-state index is -0.554. The van der Waals surface area contributed by atoms with Crippen molar-refractivity contribution >= 4 is 59.2 Å². The molecule has 2 aromatic rings. The summed E-state index contributed by atoms with van der Waals surface area (Å²) >= 11 is 3.75. The number of nitrogens with one attached hydrogen (secondary N) is 4. The summed E-state index contributed by atoms with van der Waals surface area (Å²) < 4.78 is 36.3. The standard InChI is InChI=1S/C26H44N8O5S.C15H29N7O3.C14H19N3O5S/c27-32-28-11-5-1-2-7-21-19-34(33-31-21)12-14-38-16-18-39-17-15-37-13-6-9-22(35)8-3-4-10-24-25-23(20-40-24)29-26(36)30-25;16-5-8-23-10-12-25-13-11-24-9-7-22-14-15(19-21-22)4-2-1-3-6-18-20-17;18-10-5-6-11(19)17(10)22-12(20)4-2-1-3-9-13-8(7-23-9)15-14(21)16-13/h19,23-25H,1-18,20H2,(H2,29,30,36);14H,1-13,16H2;8-9,13H,1-7H2,(H2,15,16,21)/t23-,24-,25-;;8-,9-,13-/m0.0/s1. The number of thioether (sulfide) groups is 2. The first-order valence-corrected chi connectivity index (χ1v) is 33.1. The van der Waals surface area contributed by atoms with Crippen LogP contribution in [0.4, 0.5) is 9.59 Å². The number of Topliss-reactive ketones (excluding diaryl/α,β-unsaturated/α-hetero) is 1. The molecule has 0 radical (unpaired) electrons. The Hall–Kier alpha value is -5.86. The van der Waals surface area contributed by atoms with E-state index in [4.69, 9.17) is 50.1 Å². The first-order chi connectivity index (χ1) is 43.1. The van der Waals surface area contributed by atoms with Crippen molar-refractivity contribution in [3.8, 4) is 0 Å². The first kappa shape index (κ1) is 72.9. The fraction of sp³-hybridized carbons (Fsp3) is 0.818. The van der Waals surface area contributed by atoms with E-state index < -0.39 is 17.8 Å². The van der Waals surface area contributed by atoms with Crippen LogP contribution in [0.25, 0.3) is 20.9 Å². The smallest absolute Gasteiger partial charge is 0.333 e. The van der Waals surface area contributed by atoms with Gasteiger partial charge in [-0.1, -0.05) is 46.3 Å². The largest absolute Gasteiger partial charge is 0.379 e. The lowest BCUT2D eigenvalue weighted by atomic mass is 10.0. The van der Waals surface area contributed by atoms with Gasteiger partial charge in [0.15, 0.2) is 0 Å². The van der Waals surface area contributed by atoms with Crippen LogP contribution in [0.3, 0.4) is 0 Å². The van der Waals surface area contributed by atoms with E-state index in [1.54, 1.807) is 9.36 Å². The summed E-state index contributed by atoms with van der Waals surface area (Å²) in [7, 11) is 0. The van der Waals surface area contributed by atoms with Crippen molar-refractivity contribution in [3.63, 3.8) is 0 Å². The predicted octanol–water partition coefficient (Wildman–Crippen LogP) is 5.06. The van der Waals surface area contributed by atoms with Crippen molar-refractivity contribution in [3.05, 3.63) is 44.7 Å². The van der Waals surface area contributed by atoms with Gasteiger partial charge in [-0.25, -0.2) is 23.7 Å². The third kappa shape index (κ3) is 30.6. The lowest BCUT2D eigenvalue weighted by Crippen LogP contribution is -2.36. The van der Waals surface area contributed by atoms with Gasteiger partial charge < -0.3 is 60.3 Å². The number of hydrogen-bond donors (Lipinski definition) is 5. The molecule has 0 saturated carbocycles. The zero-order valence-electron chi connectivity index (χ0n) is 50.7. The second-order valence-corrected chi connectivity index (χ2v) is 23.9. The molecule has 31 nitrogen and oxygen atoms in total. The van der Waals surface area contributed by atoms with Crippen molar-refractivity contribution in [2.75, 3.05) is 110 Å². The Morgan fingerprint density at radius 3 is 1.48 bits per heavy atom. The predicted molar refractivity (Wildman–Crippen MR) is 326 cm³/mol. The molecule has 88 heavy (non-hydrogen) atoms. The number of unbranched alkanes of at least 4 members (excludes halogenated alkanes) is 6. The van der Waals surface area contributed by atoms with Gasteiger partial charge in [-0.05, 0) is 81.7 Å². The molecule has 0 aliphatic carbocycles. The number of rotatable bonds is 47. The number of imide groups is 1. The van der Waals surface area contributed by atoms with E-state index in [0.29, 0.717) is 153 Å². The molecule has 0 unspecified atom stereocenters. The number of ether oxygens (including phenoxy) is 6. The summed E-state index contributed by atoms with van der Waals surface area (Å²) in [4.78, 5) is 79.5. The summed E-state index contributed by atoms with van der Waals surface area (Å²) in [6.45, 7) is 9.42. The fourth-order valence-electron chi connectivity index (χ4n) is 9.90. The van der Waals surface area contributed by atoms with E-state index in [-0.39, 0.29) is 55.5 Å². The number of carbonyl (C=O) groups excluding carboxylic acids is 6. The number of hydrogen-bond acceptors (Lipinski definition) is 22. The van der Waals surface area contributed by atoms with Gasteiger partial charge in [0.2, 0.25) is 0 Å². The van der Waals surface area contributed by atoms with Crippen molar-refractivity contribution in [2.45, 2.75) is 176 Å². The number of ketones is 1. The summed E-state index contributed by atoms with van der Waals surface area (Å²) in [5.41, 5.74) is 23.7. The Labute approximate surface area is 522 Å². The molecule has 5 aliphatic rings. The summed E-state index contributed by atoms with van der Waals surface area (Å²) in [5.74, 6) is 0.716. The third-order valence-corrected chi connectivity index (χ3v) is 17.5. The Morgan fingerprint density at radius 2 is 1.00 bits per heavy atom. The monoisotopic (exact) mass is 1280 g/mol. The van der Waals surface area contributed by atoms with E-state index in [0.717, 1.165) is 113 Å². The average molecular weight is 1280 g/mol. The molecule has 5 aliphatic heterocycles. The molecule has 6 amide bonds. The highest BCUT2D eigenvalue weighted by Gasteiger charge is 2.43. The Balaban J connectivity index is 0.000000254. The summed E-state index contributed by atoms with van der Waals surface area (Å²) in [6, 6.07) is 0.723. The van der Waals surface area contributed by atoms with E-state index in [9.17, 15) is 28.8 Å². The van der Waals surface area contributed by atoms with Crippen LogP contribution in [0.15, 0.2) is 22.6 Å². The van der Waals surface area contributed by atoms with E-state index >= 15 is 0 Å². The Kier molecular flexibility index (Phi) is 37.6. The third-order valence-electron chi connectivity index (χ3n) is 14.5. The lowest BCUT2D eigenvalue weighted by molar-refractivity contribution is -0.197. The van der Waals surface area contributed by atoms with Gasteiger partial charge >= 0.3 is 18.0 Å². The Morgan fingerprint density at radius 1 is 0.557 bits per heavy atom. The first-order valence-electron chi connectivity index (χ1n) is 31.0. The van der Waals surface area contributed by atoms with Crippen LogP contribution < -0.4 is 27.0 Å². The number of nitrogens with two attached hydrogens (primary N) is 1. The second kappa shape index (κ2) is 45.4. The molecule has 5 fully saturated rings. The van der Waals surface area contributed by atoms with Gasteiger partial charge in [-0.15, -0.1) is 15.3 Å². The number of amides is 6. The number of urea groups is 2. The van der Waals surface area contributed by atoms with Gasteiger partial charge in [0, 0.05) is 103 Å². The molecular formula is C55H92N18O13S2. The maximum absolute atomic E-state index is 12.1. The molecule has 6 N–H and O–H groups in total. The molecule has 0 aromatic carbocycles. The number of carbonyl (C=O) groups is 6. The van der Waals surface area contributed by atoms with Crippen molar-refractivity contribution in [1.29, 1.82) is 0 Å². The van der Waals surface area contributed by atoms with E-state index in [2.05, 4.69) is 61.9 Å². The average Bonchev–Trinajstić information content (AvgIpc) is 2.88. The van der Waals surface area contributed by atoms with Crippen molar-refractivity contribution in [1.82, 2.24) is 56.3 Å². The van der Waals surface area contributed by atoms with Gasteiger partial charge in [-0.2, -0.15) is 23.5 Å². The number of nitrogens with zero attached hydrogens (tertiary/aromatic N) is 13. The SMILES string of the molecule is O=C1N[C@H]2[C@H](CS[C@H]2CCCCC(=O)ON2C(=O)CCC2=O)N1.[N-]=[N+]=NCCCCCc1cn(CCOCCOCCOCCCC(=O)CCCC[C@@H]2SC[C@@H]3NC(=O)N[C@@H]32)nn1.[N-]=[N+]=NCCCCCc1cn(CCOCCOCCOCCN)nn1. The van der Waals surface area contributed by atoms with Crippen LogP contribution in [0.1, 0.15) is 127 Å². The zero-order valence-corrected chi connectivity index (χ0v) is 52.3. The van der Waals surface area contributed by atoms with Gasteiger partial charge in [-0.3, -0.25) is 14.4 Å². The zero-order chi connectivity index (χ0) is 62.7. The quantitative estimate of drug-likeness (QED) is 0.0144. The molecule has 0 bridgehead atoms. The number of aryl methyl sites for hydroxylation is 2. The minimum Gasteiger partial charge on any atom is -0.379 e. The van der Waals surface area contributed by atoms with E-state index in [1.165, 1.54) is 0 Å².